The Balaban J connectivity index is 2.32. The smallest absolute Gasteiger partial charge is 0.408 e. The summed E-state index contributed by atoms with van der Waals surface area (Å²) in [6.45, 7) is 4.28. The predicted octanol–water partition coefficient (Wildman–Crippen LogP) is 2.32. The van der Waals surface area contributed by atoms with Gasteiger partial charge in [0, 0.05) is 11.6 Å². The number of carboxylic acid groups (broad SMARTS) is 1. The zero-order chi connectivity index (χ0) is 9.64. The Labute approximate surface area is 78.7 Å². The largest absolute Gasteiger partial charge is 0.465 e. The molecule has 2 heterocycles. The van der Waals surface area contributed by atoms with Crippen molar-refractivity contribution in [3.63, 3.8) is 0 Å². The van der Waals surface area contributed by atoms with E-state index in [-0.39, 0.29) is 5.54 Å². The lowest BCUT2D eigenvalue weighted by Crippen LogP contribution is -2.55. The van der Waals surface area contributed by atoms with E-state index in [9.17, 15) is 4.79 Å². The van der Waals surface area contributed by atoms with E-state index in [1.165, 1.54) is 6.42 Å². The van der Waals surface area contributed by atoms with Crippen LogP contribution in [0.5, 0.6) is 0 Å². The van der Waals surface area contributed by atoms with E-state index < -0.39 is 6.09 Å². The van der Waals surface area contributed by atoms with Crippen LogP contribution in [0.2, 0.25) is 0 Å². The minimum Gasteiger partial charge on any atom is -0.465 e. The molecule has 2 aliphatic heterocycles. The summed E-state index contributed by atoms with van der Waals surface area (Å²) in [6, 6.07) is 0.304. The van der Waals surface area contributed by atoms with Gasteiger partial charge in [-0.2, -0.15) is 0 Å². The standard InChI is InChI=1S/C10H17NO2/c1-7-3-4-8-5-6-10(7,2)11(8)9(12)13/h7-8H,3-6H2,1-2H3,(H,12,13). The second-order valence-electron chi connectivity index (χ2n) is 4.68. The van der Waals surface area contributed by atoms with Crippen LogP contribution in [0.15, 0.2) is 0 Å². The zero-order valence-corrected chi connectivity index (χ0v) is 8.29. The maximum Gasteiger partial charge on any atom is 0.408 e. The molecule has 3 unspecified atom stereocenters. The lowest BCUT2D eigenvalue weighted by atomic mass is 9.80. The normalized spacial score (nSPS) is 43.7. The van der Waals surface area contributed by atoms with Crippen LogP contribution >= 0.6 is 0 Å². The molecular weight excluding hydrogens is 166 g/mol. The van der Waals surface area contributed by atoms with E-state index in [2.05, 4.69) is 13.8 Å². The lowest BCUT2D eigenvalue weighted by Gasteiger charge is -2.45. The van der Waals surface area contributed by atoms with Crippen LogP contribution in [-0.4, -0.2) is 27.7 Å². The van der Waals surface area contributed by atoms with Gasteiger partial charge >= 0.3 is 6.09 Å². The molecule has 3 atom stereocenters. The highest BCUT2D eigenvalue weighted by Crippen LogP contribution is 2.46. The molecule has 0 aliphatic carbocycles. The van der Waals surface area contributed by atoms with Crippen molar-refractivity contribution in [2.75, 3.05) is 0 Å². The number of hydrogen-bond acceptors (Lipinski definition) is 1. The van der Waals surface area contributed by atoms with Gasteiger partial charge in [-0.15, -0.1) is 0 Å². The van der Waals surface area contributed by atoms with E-state index in [0.717, 1.165) is 19.3 Å². The third kappa shape index (κ3) is 1.06. The van der Waals surface area contributed by atoms with Crippen LogP contribution in [0.1, 0.15) is 39.5 Å². The Morgan fingerprint density at radius 3 is 2.69 bits per heavy atom. The van der Waals surface area contributed by atoms with Crippen molar-refractivity contribution in [3.8, 4) is 0 Å². The van der Waals surface area contributed by atoms with Gasteiger partial charge in [0.25, 0.3) is 0 Å². The molecule has 0 aromatic heterocycles. The second kappa shape index (κ2) is 2.63. The fourth-order valence-electron chi connectivity index (χ4n) is 3.01. The molecule has 13 heavy (non-hydrogen) atoms. The van der Waals surface area contributed by atoms with Gasteiger partial charge in [0.05, 0.1) is 0 Å². The number of hydrogen-bond donors (Lipinski definition) is 1. The Morgan fingerprint density at radius 2 is 2.15 bits per heavy atom. The highest BCUT2D eigenvalue weighted by atomic mass is 16.4. The molecule has 0 saturated carbocycles. The average Bonchev–Trinajstić information content (AvgIpc) is 2.32. The number of nitrogens with zero attached hydrogens (tertiary/aromatic N) is 1. The van der Waals surface area contributed by atoms with Crippen molar-refractivity contribution in [2.45, 2.75) is 51.1 Å². The predicted molar refractivity (Wildman–Crippen MR) is 49.7 cm³/mol. The number of rotatable bonds is 0. The average molecular weight is 183 g/mol. The first-order chi connectivity index (χ1) is 6.05. The summed E-state index contributed by atoms with van der Waals surface area (Å²) in [6.07, 6.45) is 3.63. The first-order valence-electron chi connectivity index (χ1n) is 5.08. The number of fused-ring (bicyclic) bond motifs is 2. The summed E-state index contributed by atoms with van der Waals surface area (Å²) < 4.78 is 0. The third-order valence-electron chi connectivity index (χ3n) is 4.10. The maximum atomic E-state index is 11.1. The molecule has 2 bridgehead atoms. The van der Waals surface area contributed by atoms with Crippen LogP contribution < -0.4 is 0 Å². The van der Waals surface area contributed by atoms with Crippen LogP contribution in [0, 0.1) is 5.92 Å². The number of carbonyl (C=O) groups is 1. The van der Waals surface area contributed by atoms with Gasteiger partial charge in [-0.1, -0.05) is 6.92 Å². The summed E-state index contributed by atoms with van der Waals surface area (Å²) >= 11 is 0. The number of amides is 1. The van der Waals surface area contributed by atoms with Gasteiger partial charge in [0.1, 0.15) is 0 Å². The molecule has 2 saturated heterocycles. The van der Waals surface area contributed by atoms with E-state index in [1.54, 1.807) is 4.90 Å². The van der Waals surface area contributed by atoms with Crippen molar-refractivity contribution in [1.82, 2.24) is 4.90 Å². The van der Waals surface area contributed by atoms with Crippen molar-refractivity contribution in [1.29, 1.82) is 0 Å². The van der Waals surface area contributed by atoms with Gasteiger partial charge in [-0.05, 0) is 38.5 Å². The van der Waals surface area contributed by atoms with E-state index in [1.807, 2.05) is 0 Å². The van der Waals surface area contributed by atoms with Crippen molar-refractivity contribution >= 4 is 6.09 Å². The third-order valence-corrected chi connectivity index (χ3v) is 4.10. The summed E-state index contributed by atoms with van der Waals surface area (Å²) in [5, 5.41) is 9.13. The van der Waals surface area contributed by atoms with Crippen molar-refractivity contribution in [2.24, 2.45) is 5.92 Å². The fraction of sp³-hybridized carbons (Fsp3) is 0.900. The molecule has 74 valence electrons. The minimum absolute atomic E-state index is 0.0747. The molecule has 2 rings (SSSR count). The van der Waals surface area contributed by atoms with E-state index in [4.69, 9.17) is 5.11 Å². The Morgan fingerprint density at radius 1 is 1.46 bits per heavy atom. The molecule has 2 fully saturated rings. The molecule has 0 spiro atoms. The van der Waals surface area contributed by atoms with Crippen LogP contribution in [0.4, 0.5) is 4.79 Å². The highest BCUT2D eigenvalue weighted by molar-refractivity contribution is 5.67. The Kier molecular flexibility index (Phi) is 1.79. The van der Waals surface area contributed by atoms with Gasteiger partial charge in [-0.3, -0.25) is 4.90 Å². The molecular formula is C10H17NO2. The fourth-order valence-corrected chi connectivity index (χ4v) is 3.01. The zero-order valence-electron chi connectivity index (χ0n) is 8.29. The molecule has 2 aliphatic rings. The first-order valence-corrected chi connectivity index (χ1v) is 5.08. The first kappa shape index (κ1) is 8.85. The highest BCUT2D eigenvalue weighted by Gasteiger charge is 2.51. The van der Waals surface area contributed by atoms with Crippen molar-refractivity contribution < 1.29 is 9.90 Å². The SMILES string of the molecule is CC1CCC2CCC1(C)N2C(=O)O. The summed E-state index contributed by atoms with van der Waals surface area (Å²) in [7, 11) is 0. The van der Waals surface area contributed by atoms with E-state index in [0.29, 0.717) is 12.0 Å². The molecule has 3 heteroatoms. The quantitative estimate of drug-likeness (QED) is 0.626. The van der Waals surface area contributed by atoms with Crippen LogP contribution in [0.25, 0.3) is 0 Å². The van der Waals surface area contributed by atoms with Crippen LogP contribution in [0.3, 0.4) is 0 Å². The lowest BCUT2D eigenvalue weighted by molar-refractivity contribution is 0.0295. The molecule has 0 aromatic rings. The van der Waals surface area contributed by atoms with Gasteiger partial charge in [-0.25, -0.2) is 4.79 Å². The topological polar surface area (TPSA) is 40.5 Å². The molecule has 0 aromatic carbocycles. The van der Waals surface area contributed by atoms with Gasteiger partial charge in [0.15, 0.2) is 0 Å². The molecule has 1 N–H and O–H groups in total. The Hall–Kier alpha value is -0.730. The number of piperidine rings is 1. The summed E-state index contributed by atoms with van der Waals surface area (Å²) in [5.74, 6) is 0.516. The minimum atomic E-state index is -0.725. The molecule has 0 radical (unpaired) electrons. The monoisotopic (exact) mass is 183 g/mol. The van der Waals surface area contributed by atoms with Crippen LogP contribution in [-0.2, 0) is 0 Å². The maximum absolute atomic E-state index is 11.1. The van der Waals surface area contributed by atoms with Gasteiger partial charge < -0.3 is 5.11 Å². The molecule has 1 amide bonds. The molecule has 3 nitrogen and oxygen atoms in total. The summed E-state index contributed by atoms with van der Waals surface area (Å²) in [4.78, 5) is 12.8. The summed E-state index contributed by atoms with van der Waals surface area (Å²) in [5.41, 5.74) is -0.0747. The van der Waals surface area contributed by atoms with E-state index >= 15 is 0 Å². The Bertz CT molecular complexity index is 239. The van der Waals surface area contributed by atoms with Gasteiger partial charge in [0.2, 0.25) is 0 Å². The van der Waals surface area contributed by atoms with Crippen molar-refractivity contribution in [3.05, 3.63) is 0 Å². The second-order valence-corrected chi connectivity index (χ2v) is 4.68.